The average molecular weight is 737 g/mol. The Kier molecular flexibility index (Phi) is 13.6. The second kappa shape index (κ2) is 17.6. The first-order chi connectivity index (χ1) is 24.7. The first-order valence-corrected chi connectivity index (χ1v) is 15.7. The monoisotopic (exact) mass is 736 g/mol. The molecule has 7 N–H and O–H groups in total. The van der Waals surface area contributed by atoms with Crippen molar-refractivity contribution in [2.24, 2.45) is 0 Å². The normalized spacial score (nSPS) is 28.8. The van der Waals surface area contributed by atoms with E-state index in [9.17, 15) is 50.1 Å². The van der Waals surface area contributed by atoms with Gasteiger partial charge >= 0.3 is 17.9 Å². The van der Waals surface area contributed by atoms with Crippen molar-refractivity contribution in [3.63, 3.8) is 0 Å². The van der Waals surface area contributed by atoms with Gasteiger partial charge in [-0.25, -0.2) is 9.59 Å². The molecule has 0 bridgehead atoms. The van der Waals surface area contributed by atoms with Crippen molar-refractivity contribution in [1.82, 2.24) is 0 Å². The lowest BCUT2D eigenvalue weighted by atomic mass is 9.99. The molecule has 0 spiro atoms. The van der Waals surface area contributed by atoms with Gasteiger partial charge in [-0.1, -0.05) is 12.1 Å². The summed E-state index contributed by atoms with van der Waals surface area (Å²) in [6.45, 7) is -1.35. The molecule has 2 fully saturated rings. The molecule has 284 valence electrons. The molecule has 2 aliphatic rings. The number of methoxy groups -OCH3 is 2. The topological polar surface area (TPSA) is 267 Å². The number of aliphatic hydroxyl groups excluding tert-OH is 5. The number of rotatable bonds is 14. The SMILES string of the molecule is COc1cc(/C=C/C(=O)OC[C@H]2O[C@@](CO)(O[C@H]3O[C@H](COC(C)=O)[C@H](O)[C@H](O)[C@H]3O)[C@@H](OC(=O)/C=C/c3ccc(O)c(OC)c3)[C@@H]2O)ccc1O. The van der Waals surface area contributed by atoms with Gasteiger partial charge in [0, 0.05) is 19.1 Å². The van der Waals surface area contributed by atoms with E-state index < -0.39 is 92.5 Å². The van der Waals surface area contributed by atoms with Crippen LogP contribution in [0, 0.1) is 0 Å². The molecule has 0 unspecified atom stereocenters. The molecular formula is C34H40O18. The Hall–Kier alpha value is -4.79. The van der Waals surface area contributed by atoms with Crippen LogP contribution in [0.15, 0.2) is 48.6 Å². The minimum absolute atomic E-state index is 0.114. The highest BCUT2D eigenvalue weighted by molar-refractivity contribution is 5.88. The summed E-state index contributed by atoms with van der Waals surface area (Å²) in [7, 11) is 2.68. The molecule has 2 heterocycles. The zero-order chi connectivity index (χ0) is 38.2. The summed E-state index contributed by atoms with van der Waals surface area (Å²) in [5.74, 6) is -5.30. The van der Waals surface area contributed by atoms with Crippen LogP contribution >= 0.6 is 0 Å². The predicted octanol–water partition coefficient (Wildman–Crippen LogP) is -0.868. The Morgan fingerprint density at radius 2 is 1.33 bits per heavy atom. The number of aliphatic hydroxyl groups is 5. The number of phenolic OH excluding ortho intramolecular Hbond substituents is 2. The molecule has 0 saturated carbocycles. The number of esters is 3. The summed E-state index contributed by atoms with van der Waals surface area (Å²) in [5, 5.41) is 73.1. The quantitative estimate of drug-likeness (QED) is 0.0706. The minimum Gasteiger partial charge on any atom is -0.504 e. The number of phenols is 2. The number of carbonyl (C=O) groups excluding carboxylic acids is 3. The van der Waals surface area contributed by atoms with Gasteiger partial charge in [0.2, 0.25) is 5.79 Å². The van der Waals surface area contributed by atoms with E-state index in [1.807, 2.05) is 0 Å². The van der Waals surface area contributed by atoms with Gasteiger partial charge in [-0.2, -0.15) is 0 Å². The number of carbonyl (C=O) groups is 3. The van der Waals surface area contributed by atoms with E-state index in [-0.39, 0.29) is 23.0 Å². The van der Waals surface area contributed by atoms with E-state index >= 15 is 0 Å². The molecule has 0 aliphatic carbocycles. The summed E-state index contributed by atoms with van der Waals surface area (Å²) < 4.78 is 42.7. The van der Waals surface area contributed by atoms with Crippen molar-refractivity contribution in [3.8, 4) is 23.0 Å². The Labute approximate surface area is 296 Å². The second-order valence-corrected chi connectivity index (χ2v) is 11.6. The van der Waals surface area contributed by atoms with E-state index in [1.165, 1.54) is 62.8 Å². The maximum atomic E-state index is 13.0. The molecule has 18 nitrogen and oxygen atoms in total. The van der Waals surface area contributed by atoms with Crippen LogP contribution < -0.4 is 9.47 Å². The highest BCUT2D eigenvalue weighted by atomic mass is 16.8. The van der Waals surface area contributed by atoms with Crippen LogP contribution in [-0.2, 0) is 42.8 Å². The Morgan fingerprint density at radius 1 is 0.769 bits per heavy atom. The second-order valence-electron chi connectivity index (χ2n) is 11.6. The third-order valence-electron chi connectivity index (χ3n) is 8.00. The van der Waals surface area contributed by atoms with E-state index in [2.05, 4.69) is 0 Å². The molecule has 2 aromatic carbocycles. The summed E-state index contributed by atoms with van der Waals surface area (Å²) >= 11 is 0. The summed E-state index contributed by atoms with van der Waals surface area (Å²) in [6.07, 6.45) is -9.75. The molecule has 2 aliphatic heterocycles. The summed E-state index contributed by atoms with van der Waals surface area (Å²) in [6, 6.07) is 8.50. The third-order valence-corrected chi connectivity index (χ3v) is 8.00. The maximum Gasteiger partial charge on any atom is 0.331 e. The van der Waals surface area contributed by atoms with E-state index in [0.717, 1.165) is 19.1 Å². The largest absolute Gasteiger partial charge is 0.504 e. The minimum atomic E-state index is -2.54. The van der Waals surface area contributed by atoms with E-state index in [1.54, 1.807) is 0 Å². The first-order valence-electron chi connectivity index (χ1n) is 15.7. The van der Waals surface area contributed by atoms with Gasteiger partial charge < -0.3 is 73.6 Å². The lowest BCUT2D eigenvalue weighted by Gasteiger charge is -2.43. The molecule has 0 aromatic heterocycles. The number of ether oxygens (including phenoxy) is 8. The van der Waals surface area contributed by atoms with Crippen molar-refractivity contribution in [2.45, 2.75) is 61.7 Å². The van der Waals surface area contributed by atoms with E-state index in [4.69, 9.17) is 37.9 Å². The smallest absolute Gasteiger partial charge is 0.331 e. The van der Waals surface area contributed by atoms with Crippen molar-refractivity contribution in [1.29, 1.82) is 0 Å². The first kappa shape index (κ1) is 40.0. The lowest BCUT2D eigenvalue weighted by molar-refractivity contribution is -0.383. The van der Waals surface area contributed by atoms with Crippen LogP contribution in [0.4, 0.5) is 0 Å². The highest BCUT2D eigenvalue weighted by Gasteiger charge is 2.61. The Morgan fingerprint density at radius 3 is 1.87 bits per heavy atom. The van der Waals surface area contributed by atoms with Crippen LogP contribution in [0.1, 0.15) is 18.1 Å². The Bertz CT molecular complexity index is 1630. The molecule has 52 heavy (non-hydrogen) atoms. The van der Waals surface area contributed by atoms with Crippen LogP contribution in [0.2, 0.25) is 0 Å². The zero-order valence-corrected chi connectivity index (χ0v) is 28.1. The van der Waals surface area contributed by atoms with Gasteiger partial charge in [0.1, 0.15) is 56.4 Å². The lowest BCUT2D eigenvalue weighted by Crippen LogP contribution is -2.63. The summed E-state index contributed by atoms with van der Waals surface area (Å²) in [4.78, 5) is 37.0. The van der Waals surface area contributed by atoms with Crippen LogP contribution in [0.3, 0.4) is 0 Å². The summed E-state index contributed by atoms with van der Waals surface area (Å²) in [5.41, 5.74) is 0.862. The number of hydrogen-bond acceptors (Lipinski definition) is 18. The fourth-order valence-corrected chi connectivity index (χ4v) is 5.25. The molecule has 2 aromatic rings. The van der Waals surface area contributed by atoms with Gasteiger partial charge in [0.15, 0.2) is 35.4 Å². The van der Waals surface area contributed by atoms with Crippen LogP contribution in [-0.4, -0.2) is 142 Å². The third kappa shape index (κ3) is 9.55. The van der Waals surface area contributed by atoms with Gasteiger partial charge in [-0.15, -0.1) is 0 Å². The van der Waals surface area contributed by atoms with Gasteiger partial charge in [0.05, 0.1) is 14.2 Å². The average Bonchev–Trinajstić information content (AvgIpc) is 3.38. The molecular weight excluding hydrogens is 696 g/mol. The fourth-order valence-electron chi connectivity index (χ4n) is 5.25. The zero-order valence-electron chi connectivity index (χ0n) is 28.1. The molecule has 0 amide bonds. The van der Waals surface area contributed by atoms with Crippen molar-refractivity contribution in [2.75, 3.05) is 34.0 Å². The Balaban J connectivity index is 1.56. The highest BCUT2D eigenvalue weighted by Crippen LogP contribution is 2.38. The standard InChI is InChI=1S/C34H40O18/c1-17(36)47-14-24-28(41)30(43)31(44)33(49-24)52-34(16-35)32(50-27(40)11-7-19-5-9-21(38)23(13-19)46-3)29(42)25(51-34)15-48-26(39)10-6-18-4-8-20(37)22(12-18)45-2/h4-13,24-25,28-33,35,37-38,41-44H,14-16H2,1-3H3/b10-6+,11-7+/t24-,25-,28+,29-,30+,31-,32+,33-,34+/m1/s1. The molecule has 9 atom stereocenters. The van der Waals surface area contributed by atoms with Crippen molar-refractivity contribution >= 4 is 30.1 Å². The molecule has 4 rings (SSSR count). The fraction of sp³-hybridized carbons (Fsp3) is 0.441. The number of hydrogen-bond donors (Lipinski definition) is 7. The van der Waals surface area contributed by atoms with Crippen molar-refractivity contribution in [3.05, 3.63) is 59.7 Å². The molecule has 0 radical (unpaired) electrons. The van der Waals surface area contributed by atoms with Gasteiger partial charge in [-0.05, 0) is 47.5 Å². The van der Waals surface area contributed by atoms with Gasteiger partial charge in [0.25, 0.3) is 0 Å². The predicted molar refractivity (Wildman–Crippen MR) is 173 cm³/mol. The number of aromatic hydroxyl groups is 2. The van der Waals surface area contributed by atoms with Crippen molar-refractivity contribution < 1.29 is 88.0 Å². The van der Waals surface area contributed by atoms with Crippen LogP contribution in [0.5, 0.6) is 23.0 Å². The van der Waals surface area contributed by atoms with E-state index in [0.29, 0.717) is 11.1 Å². The maximum absolute atomic E-state index is 13.0. The molecule has 2 saturated heterocycles. The van der Waals surface area contributed by atoms with Gasteiger partial charge in [-0.3, -0.25) is 4.79 Å². The molecule has 18 heteroatoms. The van der Waals surface area contributed by atoms with Crippen LogP contribution in [0.25, 0.3) is 12.2 Å². The number of benzene rings is 2.